The zero-order chi connectivity index (χ0) is 21.0. The van der Waals surface area contributed by atoms with Gasteiger partial charge in [-0.1, -0.05) is 49.1 Å². The molecule has 0 bridgehead atoms. The quantitative estimate of drug-likeness (QED) is 0.492. The molecule has 0 aliphatic heterocycles. The molecule has 1 aliphatic carbocycles. The van der Waals surface area contributed by atoms with Crippen molar-refractivity contribution in [1.29, 1.82) is 0 Å². The Labute approximate surface area is 175 Å². The summed E-state index contributed by atoms with van der Waals surface area (Å²) in [6.07, 6.45) is 9.90. The first-order chi connectivity index (χ1) is 13.9. The summed E-state index contributed by atoms with van der Waals surface area (Å²) in [5.74, 6) is 6.31. The molecule has 1 aromatic heterocycles. The summed E-state index contributed by atoms with van der Waals surface area (Å²) >= 11 is 0. The van der Waals surface area contributed by atoms with Crippen LogP contribution in [0.15, 0.2) is 40.3 Å². The van der Waals surface area contributed by atoms with Crippen molar-refractivity contribution in [3.05, 3.63) is 47.4 Å². The van der Waals surface area contributed by atoms with Gasteiger partial charge in [-0.25, -0.2) is 0 Å². The lowest BCUT2D eigenvalue weighted by Crippen LogP contribution is -2.35. The molecule has 4 nitrogen and oxygen atoms in total. The van der Waals surface area contributed by atoms with E-state index < -0.39 is 0 Å². The van der Waals surface area contributed by atoms with Gasteiger partial charge in [0.05, 0.1) is 6.54 Å². The number of benzene rings is 1. The van der Waals surface area contributed by atoms with Crippen LogP contribution in [-0.2, 0) is 6.42 Å². The molecular formula is C25H33N3O. The van der Waals surface area contributed by atoms with Gasteiger partial charge in [0.1, 0.15) is 0 Å². The maximum atomic E-state index is 6.00. The summed E-state index contributed by atoms with van der Waals surface area (Å²) < 4.78 is 6.00. The lowest BCUT2D eigenvalue weighted by Gasteiger charge is -2.38. The van der Waals surface area contributed by atoms with Gasteiger partial charge in [0.2, 0.25) is 11.8 Å². The van der Waals surface area contributed by atoms with Gasteiger partial charge < -0.3 is 4.42 Å². The van der Waals surface area contributed by atoms with Gasteiger partial charge in [-0.2, -0.15) is 0 Å². The van der Waals surface area contributed by atoms with Gasteiger partial charge >= 0.3 is 0 Å². The highest BCUT2D eigenvalue weighted by Crippen LogP contribution is 2.39. The predicted molar refractivity (Wildman–Crippen MR) is 118 cm³/mol. The number of nitrogens with zero attached hydrogens (tertiary/aromatic N) is 3. The molecule has 0 unspecified atom stereocenters. The lowest BCUT2D eigenvalue weighted by molar-refractivity contribution is 0.183. The third-order valence-corrected chi connectivity index (χ3v) is 6.15. The second kappa shape index (κ2) is 9.41. The van der Waals surface area contributed by atoms with Gasteiger partial charge in [0.25, 0.3) is 0 Å². The molecule has 3 atom stereocenters. The molecule has 29 heavy (non-hydrogen) atoms. The number of aryl methyl sites for hydroxylation is 1. The number of rotatable bonds is 7. The van der Waals surface area contributed by atoms with Crippen LogP contribution in [0.5, 0.6) is 0 Å². The van der Waals surface area contributed by atoms with Gasteiger partial charge in [0.15, 0.2) is 0 Å². The molecule has 0 spiro atoms. The number of terminal acetylenes is 1. The van der Waals surface area contributed by atoms with E-state index in [2.05, 4.69) is 74.0 Å². The SMILES string of the molecule is C#CCN(C)C[C@@H]1C=C(C)[C@@H](Cc2nnc(-c3ccc(C)cc3)o2)C[C@H]1C(C)C. The largest absolute Gasteiger partial charge is 0.421 e. The van der Waals surface area contributed by atoms with E-state index >= 15 is 0 Å². The van der Waals surface area contributed by atoms with Crippen LogP contribution in [0.2, 0.25) is 0 Å². The number of hydrogen-bond acceptors (Lipinski definition) is 4. The standard InChI is InChI=1S/C25H33N3O/c1-7-12-28(6)16-22-13-19(5)21(14-23(22)17(2)3)15-24-26-27-25(29-24)20-10-8-18(4)9-11-20/h1,8-11,13,17,21-23H,12,14-16H2,2-6H3/t21-,22+,23+/m1/s1. The lowest BCUT2D eigenvalue weighted by atomic mass is 9.69. The Bertz CT molecular complexity index is 872. The van der Waals surface area contributed by atoms with E-state index in [4.69, 9.17) is 10.8 Å². The minimum absolute atomic E-state index is 0.447. The highest BCUT2D eigenvalue weighted by atomic mass is 16.4. The van der Waals surface area contributed by atoms with Crippen molar-refractivity contribution in [1.82, 2.24) is 15.1 Å². The monoisotopic (exact) mass is 391 g/mol. The van der Waals surface area contributed by atoms with Crippen molar-refractivity contribution in [3.63, 3.8) is 0 Å². The van der Waals surface area contributed by atoms with E-state index in [1.165, 1.54) is 11.1 Å². The summed E-state index contributed by atoms with van der Waals surface area (Å²) in [7, 11) is 2.11. The molecule has 0 amide bonds. The van der Waals surface area contributed by atoms with Crippen molar-refractivity contribution in [2.45, 2.75) is 40.5 Å². The highest BCUT2D eigenvalue weighted by Gasteiger charge is 2.33. The van der Waals surface area contributed by atoms with Crippen LogP contribution in [0.25, 0.3) is 11.5 Å². The molecular weight excluding hydrogens is 358 g/mol. The number of aromatic nitrogens is 2. The highest BCUT2D eigenvalue weighted by molar-refractivity contribution is 5.52. The molecule has 1 aromatic carbocycles. The molecule has 3 rings (SSSR count). The summed E-state index contributed by atoms with van der Waals surface area (Å²) in [6, 6.07) is 8.20. The Morgan fingerprint density at radius 2 is 1.93 bits per heavy atom. The Morgan fingerprint density at radius 3 is 2.59 bits per heavy atom. The molecule has 1 heterocycles. The van der Waals surface area contributed by atoms with Crippen LogP contribution in [0.1, 0.15) is 38.6 Å². The van der Waals surface area contributed by atoms with E-state index in [0.29, 0.717) is 36.1 Å². The zero-order valence-corrected chi connectivity index (χ0v) is 18.4. The fourth-order valence-corrected chi connectivity index (χ4v) is 4.43. The molecule has 4 heteroatoms. The Balaban J connectivity index is 1.73. The van der Waals surface area contributed by atoms with Crippen molar-refractivity contribution in [3.8, 4) is 23.8 Å². The minimum atomic E-state index is 0.447. The number of allylic oxidation sites excluding steroid dienone is 1. The van der Waals surface area contributed by atoms with Gasteiger partial charge in [-0.15, -0.1) is 16.6 Å². The average molecular weight is 392 g/mol. The summed E-state index contributed by atoms with van der Waals surface area (Å²) in [5.41, 5.74) is 3.62. The smallest absolute Gasteiger partial charge is 0.247 e. The first kappa shape index (κ1) is 21.3. The van der Waals surface area contributed by atoms with E-state index in [0.717, 1.165) is 30.8 Å². The molecule has 0 saturated heterocycles. The second-order valence-corrected chi connectivity index (χ2v) is 8.89. The normalized spacial score (nSPS) is 22.0. The van der Waals surface area contributed by atoms with Crippen LogP contribution in [0, 0.1) is 42.9 Å². The van der Waals surface area contributed by atoms with E-state index in [1.54, 1.807) is 0 Å². The van der Waals surface area contributed by atoms with E-state index in [-0.39, 0.29) is 0 Å². The van der Waals surface area contributed by atoms with Gasteiger partial charge in [-0.3, -0.25) is 4.90 Å². The molecule has 1 aliphatic rings. The van der Waals surface area contributed by atoms with Gasteiger partial charge in [0, 0.05) is 18.5 Å². The maximum absolute atomic E-state index is 6.00. The van der Waals surface area contributed by atoms with Crippen molar-refractivity contribution in [2.24, 2.45) is 23.7 Å². The molecule has 0 saturated carbocycles. The maximum Gasteiger partial charge on any atom is 0.247 e. The van der Waals surface area contributed by atoms with E-state index in [9.17, 15) is 0 Å². The second-order valence-electron chi connectivity index (χ2n) is 8.89. The molecule has 0 N–H and O–H groups in total. The first-order valence-electron chi connectivity index (χ1n) is 10.6. The third-order valence-electron chi connectivity index (χ3n) is 6.15. The average Bonchev–Trinajstić information content (AvgIpc) is 3.13. The van der Waals surface area contributed by atoms with Crippen molar-refractivity contribution >= 4 is 0 Å². The van der Waals surface area contributed by atoms with Crippen molar-refractivity contribution in [2.75, 3.05) is 20.1 Å². The van der Waals surface area contributed by atoms with Crippen LogP contribution in [0.4, 0.5) is 0 Å². The van der Waals surface area contributed by atoms with Crippen LogP contribution < -0.4 is 0 Å². The fraction of sp³-hybridized carbons (Fsp3) is 0.520. The molecule has 0 radical (unpaired) electrons. The Morgan fingerprint density at radius 1 is 1.21 bits per heavy atom. The Kier molecular flexibility index (Phi) is 6.92. The molecule has 0 fully saturated rings. The molecule has 2 aromatic rings. The van der Waals surface area contributed by atoms with Crippen molar-refractivity contribution < 1.29 is 4.42 Å². The summed E-state index contributed by atoms with van der Waals surface area (Å²) in [5, 5.41) is 8.60. The van der Waals surface area contributed by atoms with Gasteiger partial charge in [-0.05, 0) is 63.1 Å². The topological polar surface area (TPSA) is 42.2 Å². The summed E-state index contributed by atoms with van der Waals surface area (Å²) in [4.78, 5) is 2.25. The number of hydrogen-bond donors (Lipinski definition) is 0. The Hall–Kier alpha value is -2.38. The van der Waals surface area contributed by atoms with E-state index in [1.807, 2.05) is 12.1 Å². The zero-order valence-electron chi connectivity index (χ0n) is 18.4. The summed E-state index contributed by atoms with van der Waals surface area (Å²) in [6.45, 7) is 10.7. The van der Waals surface area contributed by atoms with Crippen LogP contribution in [0.3, 0.4) is 0 Å². The van der Waals surface area contributed by atoms with Crippen LogP contribution >= 0.6 is 0 Å². The third kappa shape index (κ3) is 5.36. The fourth-order valence-electron chi connectivity index (χ4n) is 4.43. The minimum Gasteiger partial charge on any atom is -0.421 e. The first-order valence-corrected chi connectivity index (χ1v) is 10.6. The predicted octanol–water partition coefficient (Wildman–Crippen LogP) is 5.01. The van der Waals surface area contributed by atoms with Crippen LogP contribution in [-0.4, -0.2) is 35.2 Å². The molecule has 154 valence electrons.